The van der Waals surface area contributed by atoms with Crippen LogP contribution in [0.1, 0.15) is 25.8 Å². The molecule has 0 aromatic heterocycles. The minimum absolute atomic E-state index is 0.0328. The summed E-state index contributed by atoms with van der Waals surface area (Å²) in [7, 11) is 0. The molecule has 1 saturated carbocycles. The number of Topliss-reactive ketones (excluding diaryl/α,β-unsaturated/α-hetero) is 1. The van der Waals surface area contributed by atoms with Crippen LogP contribution in [0.2, 0.25) is 0 Å². The van der Waals surface area contributed by atoms with Gasteiger partial charge >= 0.3 is 0 Å². The van der Waals surface area contributed by atoms with Crippen molar-refractivity contribution in [2.45, 2.75) is 27.2 Å². The molecule has 1 aliphatic rings. The zero-order valence-corrected chi connectivity index (χ0v) is 10.4. The number of rotatable bonds is 3. The van der Waals surface area contributed by atoms with E-state index in [1.165, 1.54) is 6.92 Å². The van der Waals surface area contributed by atoms with Gasteiger partial charge in [0.2, 0.25) is 5.91 Å². The van der Waals surface area contributed by atoms with Crippen LogP contribution in [0.5, 0.6) is 0 Å². The molecule has 3 nitrogen and oxygen atoms in total. The lowest BCUT2D eigenvalue weighted by atomic mass is 9.98. The third-order valence-electron chi connectivity index (χ3n) is 3.65. The number of hydrogen-bond donors (Lipinski definition) is 1. The summed E-state index contributed by atoms with van der Waals surface area (Å²) < 4.78 is 0. The van der Waals surface area contributed by atoms with Gasteiger partial charge < -0.3 is 5.32 Å². The molecular weight excluding hydrogens is 214 g/mol. The number of ketones is 1. The molecule has 0 radical (unpaired) electrons. The lowest BCUT2D eigenvalue weighted by molar-refractivity contribution is -0.132. The maximum atomic E-state index is 12.1. The fourth-order valence-electron chi connectivity index (χ4n) is 2.27. The van der Waals surface area contributed by atoms with Crippen molar-refractivity contribution in [1.29, 1.82) is 0 Å². The van der Waals surface area contributed by atoms with Crippen LogP contribution in [0.25, 0.3) is 0 Å². The quantitative estimate of drug-likeness (QED) is 0.812. The molecule has 2 rings (SSSR count). The largest absolute Gasteiger partial charge is 0.325 e. The minimum Gasteiger partial charge on any atom is -0.325 e. The normalized spacial score (nSPS) is 26.4. The highest BCUT2D eigenvalue weighted by atomic mass is 16.2. The molecule has 3 heteroatoms. The van der Waals surface area contributed by atoms with Crippen LogP contribution in [0.4, 0.5) is 5.69 Å². The molecule has 2 unspecified atom stereocenters. The summed E-state index contributed by atoms with van der Waals surface area (Å²) in [6.45, 7) is 5.43. The average Bonchev–Trinajstić information content (AvgIpc) is 2.95. The molecule has 1 aromatic rings. The fourth-order valence-corrected chi connectivity index (χ4v) is 2.27. The van der Waals surface area contributed by atoms with Crippen LogP contribution in [0.15, 0.2) is 24.3 Å². The number of amides is 1. The van der Waals surface area contributed by atoms with Gasteiger partial charge in [0.1, 0.15) is 11.2 Å². The Bertz CT molecular complexity index is 464. The third-order valence-corrected chi connectivity index (χ3v) is 3.65. The van der Waals surface area contributed by atoms with Gasteiger partial charge in [-0.25, -0.2) is 0 Å². The third kappa shape index (κ3) is 1.97. The summed E-state index contributed by atoms with van der Waals surface area (Å²) in [5, 5.41) is 2.82. The van der Waals surface area contributed by atoms with E-state index in [1.54, 1.807) is 0 Å². The van der Waals surface area contributed by atoms with Gasteiger partial charge in [-0.15, -0.1) is 0 Å². The molecular formula is C14H17NO2. The van der Waals surface area contributed by atoms with Crippen molar-refractivity contribution in [3.8, 4) is 0 Å². The first-order valence-corrected chi connectivity index (χ1v) is 5.86. The summed E-state index contributed by atoms with van der Waals surface area (Å²) in [4.78, 5) is 23.7. The maximum absolute atomic E-state index is 12.1. The number of hydrogen-bond acceptors (Lipinski definition) is 2. The second-order valence-electron chi connectivity index (χ2n) is 4.95. The predicted octanol–water partition coefficient (Wildman–Crippen LogP) is 2.55. The smallest absolute Gasteiger partial charge is 0.238 e. The molecule has 1 aliphatic carbocycles. The van der Waals surface area contributed by atoms with Crippen molar-refractivity contribution in [2.24, 2.45) is 11.3 Å². The Kier molecular flexibility index (Phi) is 2.77. The van der Waals surface area contributed by atoms with Gasteiger partial charge in [0, 0.05) is 5.69 Å². The van der Waals surface area contributed by atoms with E-state index >= 15 is 0 Å². The topological polar surface area (TPSA) is 46.2 Å². The van der Waals surface area contributed by atoms with E-state index in [9.17, 15) is 9.59 Å². The molecule has 0 saturated heterocycles. The SMILES string of the molecule is CC(=O)C1(C(=O)Nc2ccc(C)cc2)CC1C. The van der Waals surface area contributed by atoms with Crippen LogP contribution in [0, 0.1) is 18.3 Å². The minimum atomic E-state index is -0.773. The van der Waals surface area contributed by atoms with Crippen LogP contribution in [-0.2, 0) is 9.59 Å². The number of carbonyl (C=O) groups is 2. The van der Waals surface area contributed by atoms with Crippen LogP contribution >= 0.6 is 0 Å². The lowest BCUT2D eigenvalue weighted by Crippen LogP contribution is -2.31. The van der Waals surface area contributed by atoms with E-state index in [-0.39, 0.29) is 17.6 Å². The van der Waals surface area contributed by atoms with E-state index in [0.717, 1.165) is 11.3 Å². The highest BCUT2D eigenvalue weighted by Gasteiger charge is 2.61. The van der Waals surface area contributed by atoms with Crippen molar-refractivity contribution in [3.63, 3.8) is 0 Å². The predicted molar refractivity (Wildman–Crippen MR) is 66.7 cm³/mol. The highest BCUT2D eigenvalue weighted by Crippen LogP contribution is 2.53. The summed E-state index contributed by atoms with van der Waals surface area (Å²) in [6, 6.07) is 7.58. The second kappa shape index (κ2) is 3.99. The van der Waals surface area contributed by atoms with E-state index in [0.29, 0.717) is 6.42 Å². The fraction of sp³-hybridized carbons (Fsp3) is 0.429. The van der Waals surface area contributed by atoms with Crippen molar-refractivity contribution in [3.05, 3.63) is 29.8 Å². The van der Waals surface area contributed by atoms with Gasteiger partial charge in [-0.05, 0) is 38.3 Å². The molecule has 1 amide bonds. The van der Waals surface area contributed by atoms with E-state index in [1.807, 2.05) is 38.1 Å². The Balaban J connectivity index is 2.12. The monoisotopic (exact) mass is 231 g/mol. The van der Waals surface area contributed by atoms with E-state index < -0.39 is 5.41 Å². The van der Waals surface area contributed by atoms with Gasteiger partial charge in [0.25, 0.3) is 0 Å². The number of anilines is 1. The number of aryl methyl sites for hydroxylation is 1. The summed E-state index contributed by atoms with van der Waals surface area (Å²) in [6.07, 6.45) is 0.667. The summed E-state index contributed by atoms with van der Waals surface area (Å²) in [5.74, 6) is -0.0404. The first-order valence-electron chi connectivity index (χ1n) is 5.86. The molecule has 0 spiro atoms. The number of nitrogens with one attached hydrogen (secondary N) is 1. The van der Waals surface area contributed by atoms with Crippen LogP contribution in [0.3, 0.4) is 0 Å². The Morgan fingerprint density at radius 3 is 2.24 bits per heavy atom. The van der Waals surface area contributed by atoms with Gasteiger partial charge in [-0.1, -0.05) is 24.6 Å². The van der Waals surface area contributed by atoms with Crippen molar-refractivity contribution in [1.82, 2.24) is 0 Å². The Morgan fingerprint density at radius 1 is 1.29 bits per heavy atom. The van der Waals surface area contributed by atoms with Crippen molar-refractivity contribution in [2.75, 3.05) is 5.32 Å². The van der Waals surface area contributed by atoms with Gasteiger partial charge in [-0.2, -0.15) is 0 Å². The summed E-state index contributed by atoms with van der Waals surface area (Å²) >= 11 is 0. The van der Waals surface area contributed by atoms with E-state index in [2.05, 4.69) is 5.32 Å². The van der Waals surface area contributed by atoms with Crippen molar-refractivity contribution < 1.29 is 9.59 Å². The molecule has 1 aromatic carbocycles. The molecule has 0 heterocycles. The molecule has 90 valence electrons. The second-order valence-corrected chi connectivity index (χ2v) is 4.95. The zero-order chi connectivity index (χ0) is 12.6. The number of carbonyl (C=O) groups excluding carboxylic acids is 2. The van der Waals surface area contributed by atoms with Gasteiger partial charge in [0.15, 0.2) is 0 Å². The van der Waals surface area contributed by atoms with Gasteiger partial charge in [0.05, 0.1) is 0 Å². The number of benzene rings is 1. The summed E-state index contributed by atoms with van der Waals surface area (Å²) in [5.41, 5.74) is 1.12. The lowest BCUT2D eigenvalue weighted by Gasteiger charge is -2.13. The van der Waals surface area contributed by atoms with Gasteiger partial charge in [-0.3, -0.25) is 9.59 Å². The first-order chi connectivity index (χ1) is 7.96. The van der Waals surface area contributed by atoms with Crippen molar-refractivity contribution >= 4 is 17.4 Å². The molecule has 17 heavy (non-hydrogen) atoms. The van der Waals surface area contributed by atoms with Crippen LogP contribution in [-0.4, -0.2) is 11.7 Å². The standard InChI is InChI=1S/C14H17NO2/c1-9-4-6-12(7-5-9)15-13(17)14(11(3)16)8-10(14)2/h4-7,10H,8H2,1-3H3,(H,15,17). The van der Waals surface area contributed by atoms with E-state index in [4.69, 9.17) is 0 Å². The molecule has 1 fully saturated rings. The first kappa shape index (κ1) is 11.8. The van der Waals surface area contributed by atoms with Crippen LogP contribution < -0.4 is 5.32 Å². The molecule has 0 bridgehead atoms. The Hall–Kier alpha value is -1.64. The maximum Gasteiger partial charge on any atom is 0.238 e. The molecule has 0 aliphatic heterocycles. The molecule has 2 atom stereocenters. The Morgan fingerprint density at radius 2 is 1.82 bits per heavy atom. The Labute approximate surface area is 101 Å². The molecule has 1 N–H and O–H groups in total. The average molecular weight is 231 g/mol. The zero-order valence-electron chi connectivity index (χ0n) is 10.4. The highest BCUT2D eigenvalue weighted by molar-refractivity contribution is 6.13.